The maximum atomic E-state index is 13.3. The third kappa shape index (κ3) is 4.26. The van der Waals surface area contributed by atoms with Gasteiger partial charge in [-0.3, -0.25) is 0 Å². The summed E-state index contributed by atoms with van der Waals surface area (Å²) < 4.78 is 21.3. The van der Waals surface area contributed by atoms with Crippen molar-refractivity contribution in [3.05, 3.63) is 51.9 Å². The standard InChI is InChI=1S/C13H14FIN2O2/c14-12-4-2-1-3-10(12)8-19-9-11(18)7-17-6-5-16-13(17)15/h1-6,11,18H,7-9H2. The fourth-order valence-corrected chi connectivity index (χ4v) is 2.17. The average Bonchev–Trinajstić information content (AvgIpc) is 2.77. The van der Waals surface area contributed by atoms with E-state index in [9.17, 15) is 9.50 Å². The predicted octanol–water partition coefficient (Wildman–Crippen LogP) is 2.20. The first-order valence-electron chi connectivity index (χ1n) is 5.82. The van der Waals surface area contributed by atoms with E-state index >= 15 is 0 Å². The van der Waals surface area contributed by atoms with Gasteiger partial charge in [0.15, 0.2) is 3.83 Å². The molecular formula is C13H14FIN2O2. The Balaban J connectivity index is 1.77. The fraction of sp³-hybridized carbons (Fsp3) is 0.308. The molecule has 1 unspecified atom stereocenters. The molecular weight excluding hydrogens is 362 g/mol. The minimum atomic E-state index is -0.644. The highest BCUT2D eigenvalue weighted by Gasteiger charge is 2.08. The molecule has 1 heterocycles. The van der Waals surface area contributed by atoms with Gasteiger partial charge in [-0.15, -0.1) is 0 Å². The molecule has 102 valence electrons. The number of hydrogen-bond acceptors (Lipinski definition) is 3. The molecule has 1 aromatic heterocycles. The second-order valence-electron chi connectivity index (χ2n) is 4.11. The number of nitrogens with zero attached hydrogens (tertiary/aromatic N) is 2. The normalized spacial score (nSPS) is 12.6. The highest BCUT2D eigenvalue weighted by molar-refractivity contribution is 14.1. The van der Waals surface area contributed by atoms with Crippen molar-refractivity contribution < 1.29 is 14.2 Å². The maximum Gasteiger partial charge on any atom is 0.171 e. The SMILES string of the molecule is OC(COCc1ccccc1F)Cn1ccnc1I. The number of rotatable bonds is 6. The molecule has 1 N–H and O–H groups in total. The zero-order valence-electron chi connectivity index (χ0n) is 10.2. The van der Waals surface area contributed by atoms with Crippen LogP contribution in [0.1, 0.15) is 5.56 Å². The second-order valence-corrected chi connectivity index (χ2v) is 5.07. The van der Waals surface area contributed by atoms with Crippen molar-refractivity contribution in [2.75, 3.05) is 6.61 Å². The molecule has 2 rings (SSSR count). The summed E-state index contributed by atoms with van der Waals surface area (Å²) in [5.74, 6) is -0.291. The van der Waals surface area contributed by atoms with Crippen molar-refractivity contribution >= 4 is 22.6 Å². The first-order valence-corrected chi connectivity index (χ1v) is 6.90. The summed E-state index contributed by atoms with van der Waals surface area (Å²) in [6.07, 6.45) is 2.82. The van der Waals surface area contributed by atoms with Gasteiger partial charge in [0, 0.05) is 18.0 Å². The summed E-state index contributed by atoms with van der Waals surface area (Å²) in [6, 6.07) is 6.45. The zero-order valence-corrected chi connectivity index (χ0v) is 12.3. The van der Waals surface area contributed by atoms with Gasteiger partial charge < -0.3 is 14.4 Å². The molecule has 0 aliphatic heterocycles. The number of hydrogen-bond donors (Lipinski definition) is 1. The lowest BCUT2D eigenvalue weighted by molar-refractivity contribution is 0.0191. The predicted molar refractivity (Wildman–Crippen MR) is 77.0 cm³/mol. The Kier molecular flexibility index (Phi) is 5.29. The lowest BCUT2D eigenvalue weighted by atomic mass is 10.2. The summed E-state index contributed by atoms with van der Waals surface area (Å²) in [4.78, 5) is 4.06. The summed E-state index contributed by atoms with van der Waals surface area (Å²) >= 11 is 2.09. The molecule has 0 saturated carbocycles. The molecule has 2 aromatic rings. The van der Waals surface area contributed by atoms with Crippen LogP contribution in [-0.4, -0.2) is 27.4 Å². The van der Waals surface area contributed by atoms with Gasteiger partial charge in [0.05, 0.1) is 25.9 Å². The third-order valence-electron chi connectivity index (χ3n) is 2.60. The number of benzene rings is 1. The highest BCUT2D eigenvalue weighted by Crippen LogP contribution is 2.08. The van der Waals surface area contributed by atoms with Gasteiger partial charge in [0.1, 0.15) is 5.82 Å². The smallest absolute Gasteiger partial charge is 0.171 e. The third-order valence-corrected chi connectivity index (χ3v) is 3.50. The van der Waals surface area contributed by atoms with Crippen LogP contribution < -0.4 is 0 Å². The molecule has 0 radical (unpaired) electrons. The van der Waals surface area contributed by atoms with Crippen molar-refractivity contribution in [1.82, 2.24) is 9.55 Å². The van der Waals surface area contributed by atoms with Gasteiger partial charge in [-0.05, 0) is 28.7 Å². The second kappa shape index (κ2) is 6.97. The van der Waals surface area contributed by atoms with Crippen LogP contribution in [0.25, 0.3) is 0 Å². The van der Waals surface area contributed by atoms with Crippen LogP contribution in [-0.2, 0) is 17.9 Å². The number of aliphatic hydroxyl groups is 1. The van der Waals surface area contributed by atoms with Crippen LogP contribution >= 0.6 is 22.6 Å². The minimum absolute atomic E-state index is 0.155. The number of aliphatic hydroxyl groups excluding tert-OH is 1. The van der Waals surface area contributed by atoms with Gasteiger partial charge in [0.2, 0.25) is 0 Å². The molecule has 19 heavy (non-hydrogen) atoms. The van der Waals surface area contributed by atoms with E-state index in [1.165, 1.54) is 6.07 Å². The van der Waals surface area contributed by atoms with Crippen LogP contribution in [0, 0.1) is 9.65 Å². The maximum absolute atomic E-state index is 13.3. The highest BCUT2D eigenvalue weighted by atomic mass is 127. The van der Waals surface area contributed by atoms with Gasteiger partial charge in [0.25, 0.3) is 0 Å². The summed E-state index contributed by atoms with van der Waals surface area (Å²) in [6.45, 7) is 0.725. The molecule has 0 aliphatic carbocycles. The Bertz CT molecular complexity index is 533. The summed E-state index contributed by atoms with van der Waals surface area (Å²) in [5, 5.41) is 9.82. The van der Waals surface area contributed by atoms with E-state index in [1.54, 1.807) is 30.6 Å². The molecule has 0 bridgehead atoms. The first kappa shape index (κ1) is 14.4. The molecule has 6 heteroatoms. The number of halogens is 2. The number of imidazole rings is 1. The molecule has 0 spiro atoms. The number of ether oxygens (including phenoxy) is 1. The largest absolute Gasteiger partial charge is 0.389 e. The van der Waals surface area contributed by atoms with Crippen LogP contribution in [0.5, 0.6) is 0 Å². The van der Waals surface area contributed by atoms with E-state index in [1.807, 2.05) is 4.57 Å². The molecule has 0 amide bonds. The van der Waals surface area contributed by atoms with Crippen molar-refractivity contribution in [3.8, 4) is 0 Å². The van der Waals surface area contributed by atoms with E-state index in [0.717, 1.165) is 3.83 Å². The van der Waals surface area contributed by atoms with Gasteiger partial charge in [-0.2, -0.15) is 0 Å². The van der Waals surface area contributed by atoms with E-state index in [0.29, 0.717) is 12.1 Å². The minimum Gasteiger partial charge on any atom is -0.389 e. The molecule has 1 aromatic carbocycles. The van der Waals surface area contributed by atoms with Crippen LogP contribution in [0.3, 0.4) is 0 Å². The monoisotopic (exact) mass is 376 g/mol. The van der Waals surface area contributed by atoms with Crippen molar-refractivity contribution in [1.29, 1.82) is 0 Å². The van der Waals surface area contributed by atoms with Crippen molar-refractivity contribution in [3.63, 3.8) is 0 Å². The Morgan fingerprint density at radius 3 is 2.89 bits per heavy atom. The fourth-order valence-electron chi connectivity index (χ4n) is 1.65. The molecule has 1 atom stereocenters. The molecule has 0 saturated heterocycles. The van der Waals surface area contributed by atoms with Gasteiger partial charge in [-0.1, -0.05) is 18.2 Å². The van der Waals surface area contributed by atoms with Crippen LogP contribution in [0.2, 0.25) is 0 Å². The molecule has 0 aliphatic rings. The van der Waals surface area contributed by atoms with E-state index in [-0.39, 0.29) is 19.0 Å². The quantitative estimate of drug-likeness (QED) is 0.787. The van der Waals surface area contributed by atoms with Crippen LogP contribution in [0.4, 0.5) is 4.39 Å². The van der Waals surface area contributed by atoms with E-state index in [2.05, 4.69) is 27.6 Å². The first-order chi connectivity index (χ1) is 9.16. The Labute approximate surface area is 124 Å². The van der Waals surface area contributed by atoms with Crippen LogP contribution in [0.15, 0.2) is 36.7 Å². The average molecular weight is 376 g/mol. The number of aromatic nitrogens is 2. The molecule has 0 fully saturated rings. The van der Waals surface area contributed by atoms with Gasteiger partial charge >= 0.3 is 0 Å². The lowest BCUT2D eigenvalue weighted by Crippen LogP contribution is -2.22. The zero-order chi connectivity index (χ0) is 13.7. The van der Waals surface area contributed by atoms with Crippen molar-refractivity contribution in [2.24, 2.45) is 0 Å². The Morgan fingerprint density at radius 2 is 2.21 bits per heavy atom. The van der Waals surface area contributed by atoms with Crippen molar-refractivity contribution in [2.45, 2.75) is 19.3 Å². The Morgan fingerprint density at radius 1 is 1.42 bits per heavy atom. The molecule has 4 nitrogen and oxygen atoms in total. The van der Waals surface area contributed by atoms with E-state index in [4.69, 9.17) is 4.74 Å². The van der Waals surface area contributed by atoms with E-state index < -0.39 is 6.10 Å². The van der Waals surface area contributed by atoms with Gasteiger partial charge in [-0.25, -0.2) is 9.37 Å². The lowest BCUT2D eigenvalue weighted by Gasteiger charge is -2.12. The summed E-state index contributed by atoms with van der Waals surface area (Å²) in [5.41, 5.74) is 0.493. The Hall–Kier alpha value is -0.990. The topological polar surface area (TPSA) is 47.3 Å². The summed E-state index contributed by atoms with van der Waals surface area (Å²) in [7, 11) is 0.